The van der Waals surface area contributed by atoms with Gasteiger partial charge in [-0.25, -0.2) is 0 Å². The van der Waals surface area contributed by atoms with Crippen LogP contribution in [0.15, 0.2) is 17.0 Å². The van der Waals surface area contributed by atoms with Crippen LogP contribution in [0.1, 0.15) is 15.9 Å². The molecule has 0 bridgehead atoms. The Hall–Kier alpha value is -1.18. The Morgan fingerprint density at radius 1 is 1.60 bits per heavy atom. The molecule has 0 amide bonds. The number of hydrogen-bond donors (Lipinski definition) is 0. The van der Waals surface area contributed by atoms with E-state index in [-0.39, 0.29) is 0 Å². The van der Waals surface area contributed by atoms with Crippen molar-refractivity contribution >= 4 is 28.6 Å². The van der Waals surface area contributed by atoms with Crippen molar-refractivity contribution in [3.05, 3.63) is 23.3 Å². The number of nitriles is 1. The van der Waals surface area contributed by atoms with Gasteiger partial charge >= 0.3 is 0 Å². The maximum atomic E-state index is 11.0. The molecule has 0 aromatic heterocycles. The van der Waals surface area contributed by atoms with Crippen LogP contribution in [-0.4, -0.2) is 18.6 Å². The average Bonchev–Trinajstić information content (AvgIpc) is 2.26. The van der Waals surface area contributed by atoms with Crippen LogP contribution in [0.5, 0.6) is 5.75 Å². The summed E-state index contributed by atoms with van der Waals surface area (Å²) in [5, 5.41) is 8.30. The zero-order chi connectivity index (χ0) is 11.4. The van der Waals surface area contributed by atoms with Crippen LogP contribution in [0.2, 0.25) is 0 Å². The highest BCUT2D eigenvalue weighted by Gasteiger charge is 2.13. The monoisotopic (exact) mass is 241 g/mol. The molecular weight excluding hydrogens is 234 g/mol. The molecule has 15 heavy (non-hydrogen) atoms. The van der Waals surface area contributed by atoms with Crippen molar-refractivity contribution in [1.82, 2.24) is 0 Å². The highest BCUT2D eigenvalue weighted by atomic mass is 35.5. The molecule has 0 aliphatic rings. The Balaban J connectivity index is 3.44. The smallest absolute Gasteiger partial charge is 0.252 e. The third kappa shape index (κ3) is 2.44. The Morgan fingerprint density at radius 3 is 2.67 bits per heavy atom. The van der Waals surface area contributed by atoms with E-state index in [1.807, 2.05) is 12.3 Å². The summed E-state index contributed by atoms with van der Waals surface area (Å²) in [6.07, 6.45) is 1.83. The lowest BCUT2D eigenvalue weighted by molar-refractivity contribution is 0.108. The Kier molecular flexibility index (Phi) is 4.01. The van der Waals surface area contributed by atoms with E-state index < -0.39 is 5.24 Å². The number of nitrogens with zero attached hydrogens (tertiary/aromatic N) is 1. The molecule has 5 heteroatoms. The number of rotatable bonds is 3. The Morgan fingerprint density at radius 2 is 2.27 bits per heavy atom. The van der Waals surface area contributed by atoms with Crippen LogP contribution in [0, 0.1) is 11.3 Å². The summed E-state index contributed by atoms with van der Waals surface area (Å²) in [4.78, 5) is 11.7. The quantitative estimate of drug-likeness (QED) is 0.603. The molecule has 78 valence electrons. The third-order valence-electron chi connectivity index (χ3n) is 1.83. The summed E-state index contributed by atoms with van der Waals surface area (Å²) in [6, 6.07) is 5.00. The summed E-state index contributed by atoms with van der Waals surface area (Å²) in [5.74, 6) is 0.478. The molecule has 0 radical (unpaired) electrons. The predicted molar refractivity (Wildman–Crippen MR) is 59.7 cm³/mol. The van der Waals surface area contributed by atoms with E-state index in [9.17, 15) is 4.79 Å². The molecule has 3 nitrogen and oxygen atoms in total. The van der Waals surface area contributed by atoms with Gasteiger partial charge in [-0.1, -0.05) is 0 Å². The van der Waals surface area contributed by atoms with Crippen molar-refractivity contribution in [3.63, 3.8) is 0 Å². The number of carbonyl (C=O) groups is 1. The molecular formula is C10H8ClNO2S. The minimum atomic E-state index is -0.579. The van der Waals surface area contributed by atoms with Crippen molar-refractivity contribution in [3.8, 4) is 11.8 Å². The zero-order valence-corrected chi connectivity index (χ0v) is 9.78. The first-order valence-corrected chi connectivity index (χ1v) is 5.60. The second-order valence-electron chi connectivity index (χ2n) is 2.64. The van der Waals surface area contributed by atoms with Gasteiger partial charge < -0.3 is 4.74 Å². The molecule has 0 unspecified atom stereocenters. The van der Waals surface area contributed by atoms with E-state index in [0.717, 1.165) is 4.90 Å². The maximum Gasteiger partial charge on any atom is 0.252 e. The fourth-order valence-corrected chi connectivity index (χ4v) is 1.89. The maximum absolute atomic E-state index is 11.0. The summed E-state index contributed by atoms with van der Waals surface area (Å²) in [6.45, 7) is 0. The topological polar surface area (TPSA) is 50.1 Å². The van der Waals surface area contributed by atoms with E-state index in [1.54, 1.807) is 6.07 Å². The Bertz CT molecular complexity index is 440. The van der Waals surface area contributed by atoms with Gasteiger partial charge in [0.15, 0.2) is 0 Å². The largest absolute Gasteiger partial charge is 0.494 e. The number of thioether (sulfide) groups is 1. The van der Waals surface area contributed by atoms with Crippen LogP contribution in [-0.2, 0) is 0 Å². The SMILES string of the molecule is COc1c(C#N)cc(C(=O)Cl)cc1SC. The summed E-state index contributed by atoms with van der Waals surface area (Å²) in [7, 11) is 1.48. The molecule has 0 saturated heterocycles. The second kappa shape index (κ2) is 5.06. The number of methoxy groups -OCH3 is 1. The van der Waals surface area contributed by atoms with Crippen molar-refractivity contribution in [2.24, 2.45) is 0 Å². The minimum absolute atomic E-state index is 0.304. The van der Waals surface area contributed by atoms with Gasteiger partial charge in [-0.3, -0.25) is 4.79 Å². The van der Waals surface area contributed by atoms with Crippen LogP contribution in [0.25, 0.3) is 0 Å². The summed E-state index contributed by atoms with van der Waals surface area (Å²) < 4.78 is 5.10. The van der Waals surface area contributed by atoms with Gasteiger partial charge in [0.2, 0.25) is 0 Å². The lowest BCUT2D eigenvalue weighted by atomic mass is 10.1. The van der Waals surface area contributed by atoms with Gasteiger partial charge in [0.05, 0.1) is 17.6 Å². The predicted octanol–water partition coefficient (Wildman–Crippen LogP) is 2.67. The molecule has 1 aromatic carbocycles. The molecule has 1 aromatic rings. The first-order valence-electron chi connectivity index (χ1n) is 4.00. The molecule has 0 aliphatic carbocycles. The number of benzene rings is 1. The van der Waals surface area contributed by atoms with E-state index in [0.29, 0.717) is 16.9 Å². The fraction of sp³-hybridized carbons (Fsp3) is 0.200. The highest BCUT2D eigenvalue weighted by molar-refractivity contribution is 7.98. The van der Waals surface area contributed by atoms with E-state index in [2.05, 4.69) is 0 Å². The molecule has 0 aliphatic heterocycles. The van der Waals surface area contributed by atoms with Crippen LogP contribution in [0.3, 0.4) is 0 Å². The minimum Gasteiger partial charge on any atom is -0.494 e. The van der Waals surface area contributed by atoms with E-state index in [4.69, 9.17) is 21.6 Å². The molecule has 0 heterocycles. The normalized spacial score (nSPS) is 9.47. The molecule has 0 saturated carbocycles. The lowest BCUT2D eigenvalue weighted by Crippen LogP contribution is -1.96. The van der Waals surface area contributed by atoms with Crippen molar-refractivity contribution in [2.45, 2.75) is 4.90 Å². The van der Waals surface area contributed by atoms with Gasteiger partial charge in [-0.05, 0) is 30.0 Å². The van der Waals surface area contributed by atoms with Gasteiger partial charge in [0, 0.05) is 5.56 Å². The van der Waals surface area contributed by atoms with Gasteiger partial charge in [0.25, 0.3) is 5.24 Å². The second-order valence-corrected chi connectivity index (χ2v) is 3.84. The lowest BCUT2D eigenvalue weighted by Gasteiger charge is -2.08. The van der Waals surface area contributed by atoms with E-state index >= 15 is 0 Å². The third-order valence-corrected chi connectivity index (χ3v) is 2.79. The molecule has 1 rings (SSSR count). The zero-order valence-electron chi connectivity index (χ0n) is 8.20. The molecule has 0 atom stereocenters. The van der Waals surface area contributed by atoms with Crippen LogP contribution < -0.4 is 4.74 Å². The first-order chi connectivity index (χ1) is 7.13. The number of hydrogen-bond acceptors (Lipinski definition) is 4. The molecule has 0 N–H and O–H groups in total. The van der Waals surface area contributed by atoms with Gasteiger partial charge in [-0.2, -0.15) is 5.26 Å². The fourth-order valence-electron chi connectivity index (χ4n) is 1.16. The number of ether oxygens (including phenoxy) is 1. The van der Waals surface area contributed by atoms with Crippen molar-refractivity contribution in [2.75, 3.05) is 13.4 Å². The molecule has 0 spiro atoms. The van der Waals surface area contributed by atoms with Gasteiger partial charge in [-0.15, -0.1) is 11.8 Å². The van der Waals surface area contributed by atoms with Crippen molar-refractivity contribution < 1.29 is 9.53 Å². The Labute approximate surface area is 97.0 Å². The van der Waals surface area contributed by atoms with Gasteiger partial charge in [0.1, 0.15) is 11.8 Å². The highest BCUT2D eigenvalue weighted by Crippen LogP contribution is 2.32. The number of carbonyl (C=O) groups excluding carboxylic acids is 1. The van der Waals surface area contributed by atoms with Crippen LogP contribution >= 0.6 is 23.4 Å². The summed E-state index contributed by atoms with van der Waals surface area (Å²) >= 11 is 6.75. The average molecular weight is 242 g/mol. The summed E-state index contributed by atoms with van der Waals surface area (Å²) in [5.41, 5.74) is 0.617. The van der Waals surface area contributed by atoms with E-state index in [1.165, 1.54) is 24.9 Å². The first kappa shape index (κ1) is 11.9. The molecule has 0 fully saturated rings. The standard InChI is InChI=1S/C10H8ClNO2S/c1-14-9-7(5-12)3-6(10(11)13)4-8(9)15-2/h3-4H,1-2H3. The number of halogens is 1. The van der Waals surface area contributed by atoms with Crippen LogP contribution in [0.4, 0.5) is 0 Å². The van der Waals surface area contributed by atoms with Crippen molar-refractivity contribution in [1.29, 1.82) is 5.26 Å².